The van der Waals surface area contributed by atoms with Crippen LogP contribution in [0.1, 0.15) is 45.6 Å². The molecule has 1 nitrogen and oxygen atoms in total. The van der Waals surface area contributed by atoms with Crippen molar-refractivity contribution in [1.82, 2.24) is 5.32 Å². The summed E-state index contributed by atoms with van der Waals surface area (Å²) in [7, 11) is 0. The molecule has 0 radical (unpaired) electrons. The first-order valence-electron chi connectivity index (χ1n) is 6.73. The summed E-state index contributed by atoms with van der Waals surface area (Å²) < 4.78 is 13.8. The summed E-state index contributed by atoms with van der Waals surface area (Å²) in [5.41, 5.74) is 0.744. The Bertz CT molecular complexity index is 366. The summed E-state index contributed by atoms with van der Waals surface area (Å²) in [4.78, 5) is 0. The van der Waals surface area contributed by atoms with E-state index >= 15 is 0 Å². The molecule has 0 aliphatic carbocycles. The highest BCUT2D eigenvalue weighted by Gasteiger charge is 2.13. The molecule has 0 bridgehead atoms. The summed E-state index contributed by atoms with van der Waals surface area (Å²) in [5, 5.41) is 3.96. The molecule has 0 saturated heterocycles. The Hall–Kier alpha value is -0.600. The lowest BCUT2D eigenvalue weighted by atomic mass is 10.00. The van der Waals surface area contributed by atoms with Gasteiger partial charge < -0.3 is 5.32 Å². The third kappa shape index (κ3) is 5.36. The fourth-order valence-corrected chi connectivity index (χ4v) is 2.28. The molecule has 1 aromatic carbocycles. The van der Waals surface area contributed by atoms with Crippen LogP contribution in [0.5, 0.6) is 0 Å². The van der Waals surface area contributed by atoms with E-state index in [9.17, 15) is 4.39 Å². The van der Waals surface area contributed by atoms with Crippen molar-refractivity contribution in [3.8, 4) is 0 Å². The summed E-state index contributed by atoms with van der Waals surface area (Å²) >= 11 is 5.77. The van der Waals surface area contributed by atoms with Crippen molar-refractivity contribution < 1.29 is 4.39 Å². The average Bonchev–Trinajstić information content (AvgIpc) is 2.29. The summed E-state index contributed by atoms with van der Waals surface area (Å²) in [5.74, 6) is -0.199. The van der Waals surface area contributed by atoms with Crippen LogP contribution in [-0.2, 0) is 6.42 Å². The number of hydrogen-bond donors (Lipinski definition) is 1. The van der Waals surface area contributed by atoms with Crippen molar-refractivity contribution in [2.75, 3.05) is 0 Å². The van der Waals surface area contributed by atoms with Crippen LogP contribution in [0.3, 0.4) is 0 Å². The minimum atomic E-state index is -0.199. The first kappa shape index (κ1) is 15.5. The molecule has 0 heterocycles. The van der Waals surface area contributed by atoms with Gasteiger partial charge in [-0.05, 0) is 30.5 Å². The highest BCUT2D eigenvalue weighted by Crippen LogP contribution is 2.17. The van der Waals surface area contributed by atoms with Gasteiger partial charge in [0.15, 0.2) is 0 Å². The van der Waals surface area contributed by atoms with Crippen molar-refractivity contribution in [2.45, 2.75) is 58.5 Å². The van der Waals surface area contributed by atoms with E-state index in [1.165, 1.54) is 18.9 Å². The molecule has 0 aliphatic rings. The van der Waals surface area contributed by atoms with Crippen molar-refractivity contribution in [1.29, 1.82) is 0 Å². The van der Waals surface area contributed by atoms with Crippen LogP contribution in [0.25, 0.3) is 0 Å². The van der Waals surface area contributed by atoms with Gasteiger partial charge in [0.2, 0.25) is 0 Å². The molecule has 1 atom stereocenters. The molecular weight excluding hydrogens is 249 g/mol. The molecular formula is C15H23ClFN. The number of benzene rings is 1. The van der Waals surface area contributed by atoms with Crippen molar-refractivity contribution in [3.05, 3.63) is 34.6 Å². The highest BCUT2D eigenvalue weighted by molar-refractivity contribution is 6.30. The van der Waals surface area contributed by atoms with Crippen molar-refractivity contribution in [2.24, 2.45) is 0 Å². The lowest BCUT2D eigenvalue weighted by molar-refractivity contribution is 0.419. The monoisotopic (exact) mass is 271 g/mol. The van der Waals surface area contributed by atoms with E-state index < -0.39 is 0 Å². The van der Waals surface area contributed by atoms with Crippen molar-refractivity contribution >= 4 is 11.6 Å². The summed E-state index contributed by atoms with van der Waals surface area (Å²) in [6, 6.07) is 5.69. The van der Waals surface area contributed by atoms with Crippen LogP contribution < -0.4 is 5.32 Å². The molecule has 0 spiro atoms. The third-order valence-electron chi connectivity index (χ3n) is 2.96. The van der Waals surface area contributed by atoms with E-state index in [0.29, 0.717) is 17.1 Å². The van der Waals surface area contributed by atoms with E-state index in [1.54, 1.807) is 12.1 Å². The average molecular weight is 272 g/mol. The maximum atomic E-state index is 13.8. The molecule has 102 valence electrons. The van der Waals surface area contributed by atoms with E-state index in [2.05, 4.69) is 26.1 Å². The van der Waals surface area contributed by atoms with Crippen LogP contribution in [0.2, 0.25) is 5.02 Å². The Morgan fingerprint density at radius 1 is 1.33 bits per heavy atom. The minimum Gasteiger partial charge on any atom is -0.311 e. The first-order valence-corrected chi connectivity index (χ1v) is 7.10. The van der Waals surface area contributed by atoms with Gasteiger partial charge in [0, 0.05) is 17.1 Å². The molecule has 1 rings (SSSR count). The van der Waals surface area contributed by atoms with E-state index in [4.69, 9.17) is 11.6 Å². The molecule has 18 heavy (non-hydrogen) atoms. The second-order valence-electron chi connectivity index (χ2n) is 5.10. The molecule has 0 aliphatic heterocycles. The maximum absolute atomic E-state index is 13.8. The van der Waals surface area contributed by atoms with Gasteiger partial charge in [0.05, 0.1) is 0 Å². The Morgan fingerprint density at radius 2 is 2.06 bits per heavy atom. The molecule has 1 aromatic rings. The van der Waals surface area contributed by atoms with Gasteiger partial charge in [-0.25, -0.2) is 4.39 Å². The highest BCUT2D eigenvalue weighted by atomic mass is 35.5. The molecule has 0 saturated carbocycles. The van der Waals surface area contributed by atoms with Gasteiger partial charge >= 0.3 is 0 Å². The lowest BCUT2D eigenvalue weighted by Gasteiger charge is -2.21. The zero-order chi connectivity index (χ0) is 13.5. The van der Waals surface area contributed by atoms with E-state index in [-0.39, 0.29) is 5.82 Å². The molecule has 0 fully saturated rings. The summed E-state index contributed by atoms with van der Waals surface area (Å²) in [6.45, 7) is 6.42. The molecule has 1 N–H and O–H groups in total. The number of halogens is 2. The van der Waals surface area contributed by atoms with Crippen LogP contribution in [0.15, 0.2) is 18.2 Å². The Balaban J connectivity index is 2.68. The number of rotatable bonds is 7. The predicted octanol–water partition coefficient (Wildman–Crippen LogP) is 4.58. The molecule has 1 unspecified atom stereocenters. The standard InChI is InChI=1S/C15H23ClFN/c1-4-5-6-14(18-11(2)3)9-12-7-8-13(16)10-15(12)17/h7-8,10-11,14,18H,4-6,9H2,1-3H3. The van der Waals surface area contributed by atoms with Crippen LogP contribution in [0.4, 0.5) is 4.39 Å². The zero-order valence-electron chi connectivity index (χ0n) is 11.5. The molecule has 0 aromatic heterocycles. The fraction of sp³-hybridized carbons (Fsp3) is 0.600. The SMILES string of the molecule is CCCCC(Cc1ccc(Cl)cc1F)NC(C)C. The largest absolute Gasteiger partial charge is 0.311 e. The number of nitrogens with one attached hydrogen (secondary N) is 1. The van der Waals surface area contributed by atoms with Gasteiger partial charge in [-0.15, -0.1) is 0 Å². The van der Waals surface area contributed by atoms with Gasteiger partial charge in [-0.2, -0.15) is 0 Å². The predicted molar refractivity (Wildman–Crippen MR) is 76.7 cm³/mol. The van der Waals surface area contributed by atoms with Gasteiger partial charge in [0.25, 0.3) is 0 Å². The van der Waals surface area contributed by atoms with Gasteiger partial charge in [-0.3, -0.25) is 0 Å². The smallest absolute Gasteiger partial charge is 0.127 e. The first-order chi connectivity index (χ1) is 8.52. The third-order valence-corrected chi connectivity index (χ3v) is 3.19. The maximum Gasteiger partial charge on any atom is 0.127 e. The quantitative estimate of drug-likeness (QED) is 0.765. The Labute approximate surface area is 115 Å². The second-order valence-corrected chi connectivity index (χ2v) is 5.54. The van der Waals surface area contributed by atoms with E-state index in [0.717, 1.165) is 18.4 Å². The summed E-state index contributed by atoms with van der Waals surface area (Å²) in [6.07, 6.45) is 4.14. The Kier molecular flexibility index (Phi) is 6.66. The van der Waals surface area contributed by atoms with Crippen LogP contribution in [-0.4, -0.2) is 12.1 Å². The number of hydrogen-bond acceptors (Lipinski definition) is 1. The topological polar surface area (TPSA) is 12.0 Å². The Morgan fingerprint density at radius 3 is 2.61 bits per heavy atom. The van der Waals surface area contributed by atoms with Gasteiger partial charge in [-0.1, -0.05) is 51.3 Å². The van der Waals surface area contributed by atoms with E-state index in [1.807, 2.05) is 0 Å². The lowest BCUT2D eigenvalue weighted by Crippen LogP contribution is -2.36. The van der Waals surface area contributed by atoms with Crippen molar-refractivity contribution in [3.63, 3.8) is 0 Å². The van der Waals surface area contributed by atoms with Crippen LogP contribution >= 0.6 is 11.6 Å². The minimum absolute atomic E-state index is 0.199. The number of unbranched alkanes of at least 4 members (excludes halogenated alkanes) is 1. The fourth-order valence-electron chi connectivity index (χ4n) is 2.12. The van der Waals surface area contributed by atoms with Gasteiger partial charge in [0.1, 0.15) is 5.82 Å². The normalized spacial score (nSPS) is 13.0. The zero-order valence-corrected chi connectivity index (χ0v) is 12.2. The second kappa shape index (κ2) is 7.75. The molecule has 3 heteroatoms. The van der Waals surface area contributed by atoms with Crippen LogP contribution in [0, 0.1) is 5.82 Å². The molecule has 0 amide bonds.